The minimum atomic E-state index is -2.32. The van der Waals surface area contributed by atoms with Crippen molar-refractivity contribution in [2.24, 2.45) is 14.1 Å². The van der Waals surface area contributed by atoms with Gasteiger partial charge >= 0.3 is 35.2 Å². The van der Waals surface area contributed by atoms with E-state index < -0.39 is 11.1 Å². The quantitative estimate of drug-likeness (QED) is 0.444. The van der Waals surface area contributed by atoms with E-state index in [-0.39, 0.29) is 40.1 Å². The molecule has 0 aliphatic rings. The van der Waals surface area contributed by atoms with Crippen LogP contribution in [0.4, 0.5) is 0 Å². The summed E-state index contributed by atoms with van der Waals surface area (Å²) in [6.45, 7) is 0. The van der Waals surface area contributed by atoms with Gasteiger partial charge in [-0.15, -0.1) is 0 Å². The van der Waals surface area contributed by atoms with Gasteiger partial charge in [-0.3, -0.25) is 13.3 Å². The van der Waals surface area contributed by atoms with Gasteiger partial charge in [0.2, 0.25) is 0 Å². The third-order valence-electron chi connectivity index (χ3n) is 2.51. The van der Waals surface area contributed by atoms with Crippen LogP contribution in [0, 0.1) is 0 Å². The number of imidazole rings is 1. The Bertz CT molecular complexity index is 664. The molecule has 0 aliphatic heterocycles. The monoisotopic (exact) mass is 326 g/mol. The van der Waals surface area contributed by atoms with Crippen molar-refractivity contribution >= 4 is 38.0 Å². The van der Waals surface area contributed by atoms with Gasteiger partial charge in [0.15, 0.2) is 0 Å². The van der Waals surface area contributed by atoms with Crippen LogP contribution in [0.1, 0.15) is 0 Å². The molecule has 17 heavy (non-hydrogen) atoms. The number of hydrogen-bond acceptors (Lipinski definition) is 3. The summed E-state index contributed by atoms with van der Waals surface area (Å²) in [4.78, 5) is 11.8. The topological polar surface area (TPSA) is 67.1 Å². The Morgan fingerprint density at radius 1 is 1.24 bits per heavy atom. The van der Waals surface area contributed by atoms with E-state index in [1.54, 1.807) is 20.2 Å². The number of nitrogens with zero attached hydrogens (tertiary/aromatic N) is 2. The summed E-state index contributed by atoms with van der Waals surface area (Å²) in [5.74, 6) is 0. The molecule has 1 aromatic heterocycles. The molecule has 0 bridgehead atoms. The van der Waals surface area contributed by atoms with Gasteiger partial charge in [0.1, 0.15) is 0 Å². The molecule has 1 aromatic carbocycles. The number of benzene rings is 1. The molecule has 0 aliphatic carbocycles. The molecule has 0 spiro atoms. The van der Waals surface area contributed by atoms with Crippen LogP contribution in [0.15, 0.2) is 26.3 Å². The van der Waals surface area contributed by atoms with Crippen molar-refractivity contribution in [3.63, 3.8) is 0 Å². The van der Waals surface area contributed by atoms with Gasteiger partial charge in [0, 0.05) is 23.5 Å². The Hall–Kier alpha value is 0.0800. The Kier molecular flexibility index (Phi) is 4.79. The van der Waals surface area contributed by atoms with Crippen molar-refractivity contribution in [1.82, 2.24) is 9.13 Å². The summed E-state index contributed by atoms with van der Waals surface area (Å²) in [5, 5.41) is 0. The van der Waals surface area contributed by atoms with Crippen molar-refractivity contribution in [2.75, 3.05) is 0 Å². The molecule has 0 fully saturated rings. The second kappa shape index (κ2) is 5.38. The molecule has 0 saturated heterocycles. The first-order valence-corrected chi connectivity index (χ1v) is 6.24. The number of halogens is 1. The van der Waals surface area contributed by atoms with E-state index in [9.17, 15) is 13.6 Å². The average molecular weight is 327 g/mol. The van der Waals surface area contributed by atoms with Gasteiger partial charge in [-0.1, -0.05) is 0 Å². The zero-order valence-corrected chi connectivity index (χ0v) is 14.0. The Morgan fingerprint density at radius 3 is 2.18 bits per heavy atom. The van der Waals surface area contributed by atoms with Gasteiger partial charge in [-0.25, -0.2) is 4.79 Å². The van der Waals surface area contributed by atoms with E-state index in [1.165, 1.54) is 15.2 Å². The average Bonchev–Trinajstić information content (AvgIpc) is 2.43. The van der Waals surface area contributed by atoms with Crippen LogP contribution in [-0.4, -0.2) is 17.9 Å². The summed E-state index contributed by atoms with van der Waals surface area (Å²) in [6.07, 6.45) is 0. The molecule has 2 aromatic rings. The van der Waals surface area contributed by atoms with E-state index in [0.29, 0.717) is 15.5 Å². The summed E-state index contributed by atoms with van der Waals surface area (Å²) >= 11 is 0.845. The fraction of sp³-hybridized carbons (Fsp3) is 0.222. The molecule has 86 valence electrons. The van der Waals surface area contributed by atoms with Gasteiger partial charge in [-0.05, 0) is 39.1 Å². The molecule has 0 N–H and O–H groups in total. The number of aryl methyl sites for hydroxylation is 2. The molecular formula is C9H8BrN2NaO3S. The summed E-state index contributed by atoms with van der Waals surface area (Å²) in [7, 11) is 3.25. The predicted octanol–water partition coefficient (Wildman–Crippen LogP) is -2.12. The van der Waals surface area contributed by atoms with E-state index >= 15 is 0 Å². The van der Waals surface area contributed by atoms with Gasteiger partial charge in [0.25, 0.3) is 0 Å². The SMILES string of the molecule is Cn1c(=O)n(C)c2cc(S(=O)[O-])c(Br)cc21.[Na+]. The molecular weight excluding hydrogens is 319 g/mol. The smallest absolute Gasteiger partial charge is 0.768 e. The molecule has 1 unspecified atom stereocenters. The van der Waals surface area contributed by atoms with Crippen molar-refractivity contribution in [3.05, 3.63) is 27.1 Å². The number of rotatable bonds is 1. The minimum absolute atomic E-state index is 0. The molecule has 1 heterocycles. The predicted molar refractivity (Wildman–Crippen MR) is 63.0 cm³/mol. The van der Waals surface area contributed by atoms with Gasteiger partial charge in [0.05, 0.1) is 11.0 Å². The van der Waals surface area contributed by atoms with Crippen LogP contribution in [0.5, 0.6) is 0 Å². The van der Waals surface area contributed by atoms with E-state index in [4.69, 9.17) is 0 Å². The van der Waals surface area contributed by atoms with Crippen molar-refractivity contribution in [1.29, 1.82) is 0 Å². The number of hydrogen-bond donors (Lipinski definition) is 0. The fourth-order valence-electron chi connectivity index (χ4n) is 1.63. The summed E-state index contributed by atoms with van der Waals surface area (Å²) in [6, 6.07) is 3.10. The van der Waals surface area contributed by atoms with Crippen molar-refractivity contribution < 1.29 is 38.3 Å². The van der Waals surface area contributed by atoms with Crippen LogP contribution in [0.2, 0.25) is 0 Å². The number of aromatic nitrogens is 2. The second-order valence-corrected chi connectivity index (χ2v) is 5.17. The van der Waals surface area contributed by atoms with Crippen LogP contribution in [0.3, 0.4) is 0 Å². The standard InChI is InChI=1S/C9H9BrN2O3S.Na/c1-11-6-3-5(10)8(16(14)15)4-7(6)12(2)9(11)13;/h3-4H,1-2H3,(H,14,15);/q;+1/p-1. The minimum Gasteiger partial charge on any atom is -0.768 e. The first kappa shape index (κ1) is 15.1. The largest absolute Gasteiger partial charge is 1.00 e. The van der Waals surface area contributed by atoms with Crippen LogP contribution >= 0.6 is 15.9 Å². The van der Waals surface area contributed by atoms with Gasteiger partial charge in [-0.2, -0.15) is 0 Å². The molecule has 0 radical (unpaired) electrons. The van der Waals surface area contributed by atoms with E-state index in [2.05, 4.69) is 15.9 Å². The third kappa shape index (κ3) is 2.45. The molecule has 5 nitrogen and oxygen atoms in total. The molecule has 0 saturated carbocycles. The van der Waals surface area contributed by atoms with E-state index in [0.717, 1.165) is 0 Å². The van der Waals surface area contributed by atoms with Gasteiger partial charge < -0.3 is 4.55 Å². The Labute approximate surface area is 131 Å². The fourth-order valence-corrected chi connectivity index (χ4v) is 2.78. The number of fused-ring (bicyclic) bond motifs is 1. The first-order valence-electron chi connectivity index (χ1n) is 4.37. The first-order chi connectivity index (χ1) is 7.43. The van der Waals surface area contributed by atoms with Crippen LogP contribution < -0.4 is 35.2 Å². The van der Waals surface area contributed by atoms with Crippen LogP contribution in [0.25, 0.3) is 11.0 Å². The van der Waals surface area contributed by atoms with Crippen molar-refractivity contribution in [2.45, 2.75) is 4.90 Å². The van der Waals surface area contributed by atoms with E-state index in [1.807, 2.05) is 0 Å². The maximum atomic E-state index is 11.6. The van der Waals surface area contributed by atoms with Crippen LogP contribution in [-0.2, 0) is 25.2 Å². The third-order valence-corrected chi connectivity index (χ3v) is 4.12. The zero-order valence-electron chi connectivity index (χ0n) is 9.56. The molecule has 2 rings (SSSR count). The molecule has 0 amide bonds. The van der Waals surface area contributed by atoms with Crippen molar-refractivity contribution in [3.8, 4) is 0 Å². The zero-order chi connectivity index (χ0) is 12.0. The second-order valence-electron chi connectivity index (χ2n) is 3.41. The maximum absolute atomic E-state index is 11.6. The summed E-state index contributed by atoms with van der Waals surface area (Å²) < 4.78 is 25.2. The Balaban J connectivity index is 0.00000144. The molecule has 1 atom stereocenters. The normalized spacial score (nSPS) is 12.5. The maximum Gasteiger partial charge on any atom is 1.00 e. The Morgan fingerprint density at radius 2 is 1.71 bits per heavy atom. The summed E-state index contributed by atoms with van der Waals surface area (Å²) in [5.41, 5.74) is 1.10. The molecule has 8 heteroatoms.